The fourth-order valence-corrected chi connectivity index (χ4v) is 2.75. The van der Waals surface area contributed by atoms with E-state index < -0.39 is 11.7 Å². The number of pyridine rings is 1. The molecule has 1 fully saturated rings. The minimum absolute atomic E-state index is 0.0705. The molecule has 2 heterocycles. The molecule has 2 aromatic rings. The van der Waals surface area contributed by atoms with Crippen molar-refractivity contribution in [2.24, 2.45) is 0 Å². The summed E-state index contributed by atoms with van der Waals surface area (Å²) < 4.78 is 43.3. The summed E-state index contributed by atoms with van der Waals surface area (Å²) in [5.74, 6) is 0.231. The van der Waals surface area contributed by atoms with Crippen LogP contribution in [0.2, 0.25) is 0 Å². The van der Waals surface area contributed by atoms with Crippen molar-refractivity contribution >= 4 is 5.69 Å². The standard InChI is InChI=1S/C17H17F3N2O/c1-12-4-2-3-5-15(12)22-9-8-14(11-22)23-16-7-6-13(10-21-16)17(18,19)20/h2-7,10,14H,8-9,11H2,1H3/t14-/m0/s1. The molecular formula is C17H17F3N2O. The van der Waals surface area contributed by atoms with E-state index in [9.17, 15) is 13.2 Å². The molecule has 0 radical (unpaired) electrons. The highest BCUT2D eigenvalue weighted by Crippen LogP contribution is 2.30. The van der Waals surface area contributed by atoms with Gasteiger partial charge in [-0.25, -0.2) is 4.98 Å². The highest BCUT2D eigenvalue weighted by atomic mass is 19.4. The van der Waals surface area contributed by atoms with Crippen LogP contribution < -0.4 is 9.64 Å². The third-order valence-electron chi connectivity index (χ3n) is 3.95. The van der Waals surface area contributed by atoms with Gasteiger partial charge in [-0.05, 0) is 24.6 Å². The van der Waals surface area contributed by atoms with E-state index in [-0.39, 0.29) is 12.0 Å². The number of benzene rings is 1. The number of rotatable bonds is 3. The highest BCUT2D eigenvalue weighted by Gasteiger charge is 2.31. The molecule has 1 aliphatic heterocycles. The Hall–Kier alpha value is -2.24. The van der Waals surface area contributed by atoms with Gasteiger partial charge >= 0.3 is 6.18 Å². The summed E-state index contributed by atoms with van der Waals surface area (Å²) in [6, 6.07) is 10.4. The van der Waals surface area contributed by atoms with Crippen molar-refractivity contribution < 1.29 is 17.9 Å². The monoisotopic (exact) mass is 322 g/mol. The van der Waals surface area contributed by atoms with Crippen LogP contribution in [0.5, 0.6) is 5.88 Å². The summed E-state index contributed by atoms with van der Waals surface area (Å²) >= 11 is 0. The number of aryl methyl sites for hydroxylation is 1. The Bertz CT molecular complexity index is 670. The SMILES string of the molecule is Cc1ccccc1N1CC[C@H](Oc2ccc(C(F)(F)F)cn2)C1. The van der Waals surface area contributed by atoms with E-state index in [1.54, 1.807) is 0 Å². The molecule has 0 spiro atoms. The first kappa shape index (κ1) is 15.6. The number of hydrogen-bond acceptors (Lipinski definition) is 3. The molecule has 3 rings (SSSR count). The summed E-state index contributed by atoms with van der Waals surface area (Å²) in [7, 11) is 0. The summed E-state index contributed by atoms with van der Waals surface area (Å²) in [6.45, 7) is 3.62. The van der Waals surface area contributed by atoms with Crippen molar-refractivity contribution in [3.05, 3.63) is 53.7 Å². The fraction of sp³-hybridized carbons (Fsp3) is 0.353. The largest absolute Gasteiger partial charge is 0.472 e. The summed E-state index contributed by atoms with van der Waals surface area (Å²) in [6.07, 6.45) is -2.82. The number of nitrogens with zero attached hydrogens (tertiary/aromatic N) is 2. The average molecular weight is 322 g/mol. The zero-order valence-electron chi connectivity index (χ0n) is 12.7. The minimum atomic E-state index is -4.37. The fourth-order valence-electron chi connectivity index (χ4n) is 2.75. The van der Waals surface area contributed by atoms with Gasteiger partial charge in [0, 0.05) is 30.9 Å². The quantitative estimate of drug-likeness (QED) is 0.852. The second-order valence-electron chi connectivity index (χ2n) is 5.64. The second-order valence-corrected chi connectivity index (χ2v) is 5.64. The van der Waals surface area contributed by atoms with E-state index in [1.165, 1.54) is 17.3 Å². The number of halogens is 3. The molecule has 0 bridgehead atoms. The van der Waals surface area contributed by atoms with E-state index in [1.807, 2.05) is 12.1 Å². The molecule has 122 valence electrons. The van der Waals surface area contributed by atoms with Crippen molar-refractivity contribution in [1.82, 2.24) is 4.98 Å². The Kier molecular flexibility index (Phi) is 4.15. The van der Waals surface area contributed by atoms with Crippen molar-refractivity contribution in [2.45, 2.75) is 25.6 Å². The lowest BCUT2D eigenvalue weighted by molar-refractivity contribution is -0.137. The van der Waals surface area contributed by atoms with Crippen molar-refractivity contribution in [3.8, 4) is 5.88 Å². The highest BCUT2D eigenvalue weighted by molar-refractivity contribution is 5.53. The lowest BCUT2D eigenvalue weighted by Crippen LogP contribution is -2.25. The number of ether oxygens (including phenoxy) is 1. The Labute approximate surface area is 132 Å². The van der Waals surface area contributed by atoms with Crippen LogP contribution in [0, 0.1) is 6.92 Å². The molecule has 3 nitrogen and oxygen atoms in total. The molecule has 1 atom stereocenters. The Morgan fingerprint density at radius 1 is 1.17 bits per heavy atom. The van der Waals surface area contributed by atoms with Crippen LogP contribution in [-0.2, 0) is 6.18 Å². The van der Waals surface area contributed by atoms with Gasteiger partial charge in [-0.15, -0.1) is 0 Å². The van der Waals surface area contributed by atoms with Gasteiger partial charge in [0.25, 0.3) is 0 Å². The lowest BCUT2D eigenvalue weighted by atomic mass is 10.2. The van der Waals surface area contributed by atoms with Gasteiger partial charge in [-0.2, -0.15) is 13.2 Å². The van der Waals surface area contributed by atoms with Crippen molar-refractivity contribution in [3.63, 3.8) is 0 Å². The normalized spacial score (nSPS) is 18.3. The number of alkyl halides is 3. The maximum Gasteiger partial charge on any atom is 0.417 e. The van der Waals surface area contributed by atoms with Gasteiger partial charge in [0.1, 0.15) is 6.10 Å². The van der Waals surface area contributed by atoms with Crippen LogP contribution in [0.4, 0.5) is 18.9 Å². The molecule has 0 amide bonds. The van der Waals surface area contributed by atoms with Crippen LogP contribution in [-0.4, -0.2) is 24.2 Å². The topological polar surface area (TPSA) is 25.4 Å². The van der Waals surface area contributed by atoms with E-state index in [0.717, 1.165) is 25.2 Å². The molecule has 6 heteroatoms. The molecule has 1 aromatic heterocycles. The average Bonchev–Trinajstić information content (AvgIpc) is 2.95. The van der Waals surface area contributed by atoms with Crippen LogP contribution in [0.15, 0.2) is 42.6 Å². The summed E-state index contributed by atoms with van der Waals surface area (Å²) in [5, 5.41) is 0. The molecular weight excluding hydrogens is 305 g/mol. The molecule has 1 aliphatic rings. The van der Waals surface area contributed by atoms with Gasteiger partial charge in [-0.3, -0.25) is 0 Å². The molecule has 0 saturated carbocycles. The molecule has 0 aliphatic carbocycles. The molecule has 1 aromatic carbocycles. The summed E-state index contributed by atoms with van der Waals surface area (Å²) in [5.41, 5.74) is 1.59. The summed E-state index contributed by atoms with van der Waals surface area (Å²) in [4.78, 5) is 5.99. The minimum Gasteiger partial charge on any atom is -0.472 e. The zero-order valence-corrected chi connectivity index (χ0v) is 12.7. The molecule has 0 N–H and O–H groups in total. The Morgan fingerprint density at radius 3 is 2.61 bits per heavy atom. The first-order valence-corrected chi connectivity index (χ1v) is 7.44. The Morgan fingerprint density at radius 2 is 1.96 bits per heavy atom. The van der Waals surface area contributed by atoms with E-state index in [2.05, 4.69) is 28.9 Å². The predicted octanol–water partition coefficient (Wildman–Crippen LogP) is 4.07. The Balaban J connectivity index is 1.63. The third-order valence-corrected chi connectivity index (χ3v) is 3.95. The van der Waals surface area contributed by atoms with E-state index in [4.69, 9.17) is 4.74 Å². The molecule has 1 saturated heterocycles. The number of para-hydroxylation sites is 1. The van der Waals surface area contributed by atoms with Crippen LogP contribution in [0.1, 0.15) is 17.5 Å². The number of anilines is 1. The smallest absolute Gasteiger partial charge is 0.417 e. The maximum atomic E-state index is 12.5. The number of hydrogen-bond donors (Lipinski definition) is 0. The van der Waals surface area contributed by atoms with Crippen molar-refractivity contribution in [1.29, 1.82) is 0 Å². The van der Waals surface area contributed by atoms with E-state index >= 15 is 0 Å². The maximum absolute atomic E-state index is 12.5. The van der Waals surface area contributed by atoms with Gasteiger partial charge in [0.2, 0.25) is 5.88 Å². The van der Waals surface area contributed by atoms with E-state index in [0.29, 0.717) is 6.54 Å². The van der Waals surface area contributed by atoms with Crippen molar-refractivity contribution in [2.75, 3.05) is 18.0 Å². The van der Waals surface area contributed by atoms with Crippen LogP contribution in [0.3, 0.4) is 0 Å². The first-order valence-electron chi connectivity index (χ1n) is 7.44. The van der Waals surface area contributed by atoms with Crippen LogP contribution >= 0.6 is 0 Å². The molecule has 0 unspecified atom stereocenters. The second kappa shape index (κ2) is 6.10. The van der Waals surface area contributed by atoms with Crippen LogP contribution in [0.25, 0.3) is 0 Å². The predicted molar refractivity (Wildman–Crippen MR) is 81.7 cm³/mol. The lowest BCUT2D eigenvalue weighted by Gasteiger charge is -2.20. The molecule has 23 heavy (non-hydrogen) atoms. The first-order chi connectivity index (χ1) is 10.9. The zero-order chi connectivity index (χ0) is 16.4. The van der Waals surface area contributed by atoms with Gasteiger partial charge < -0.3 is 9.64 Å². The number of aromatic nitrogens is 1. The van der Waals surface area contributed by atoms with Gasteiger partial charge in [0.15, 0.2) is 0 Å². The third kappa shape index (κ3) is 3.57. The van der Waals surface area contributed by atoms with Gasteiger partial charge in [-0.1, -0.05) is 18.2 Å². The van der Waals surface area contributed by atoms with Gasteiger partial charge in [0.05, 0.1) is 12.1 Å².